The first-order chi connectivity index (χ1) is 7.63. The minimum Gasteiger partial charge on any atom is -0.396 e. The van der Waals surface area contributed by atoms with Gasteiger partial charge in [-0.05, 0) is 45.4 Å². The van der Waals surface area contributed by atoms with Crippen LogP contribution < -0.4 is 5.73 Å². The van der Waals surface area contributed by atoms with Crippen LogP contribution in [0.1, 0.15) is 56.5 Å². The second-order valence-electron chi connectivity index (χ2n) is 5.11. The van der Waals surface area contributed by atoms with Crippen LogP contribution in [0.15, 0.2) is 0 Å². The summed E-state index contributed by atoms with van der Waals surface area (Å²) < 4.78 is 2.16. The maximum Gasteiger partial charge on any atom is 0.0826 e. The Kier molecular flexibility index (Phi) is 3.22. The summed E-state index contributed by atoms with van der Waals surface area (Å²) in [5, 5.41) is 4.58. The molecule has 1 aliphatic carbocycles. The molecule has 16 heavy (non-hydrogen) atoms. The molecule has 0 saturated heterocycles. The SMILES string of the molecule is CCC1CCC(n2nc(C)c(N)c2C)CC1. The van der Waals surface area contributed by atoms with Crippen LogP contribution in [-0.4, -0.2) is 9.78 Å². The monoisotopic (exact) mass is 221 g/mol. The summed E-state index contributed by atoms with van der Waals surface area (Å²) in [6.07, 6.45) is 6.55. The van der Waals surface area contributed by atoms with Crippen molar-refractivity contribution in [3.63, 3.8) is 0 Å². The number of nitrogens with two attached hydrogens (primary N) is 1. The Hall–Kier alpha value is -0.990. The molecule has 0 unspecified atom stereocenters. The van der Waals surface area contributed by atoms with Gasteiger partial charge >= 0.3 is 0 Å². The number of hydrogen-bond donors (Lipinski definition) is 1. The quantitative estimate of drug-likeness (QED) is 0.833. The third-order valence-electron chi connectivity index (χ3n) is 4.12. The van der Waals surface area contributed by atoms with E-state index in [2.05, 4.69) is 23.6 Å². The number of aryl methyl sites for hydroxylation is 1. The lowest BCUT2D eigenvalue weighted by Crippen LogP contribution is -2.19. The fraction of sp³-hybridized carbons (Fsp3) is 0.769. The van der Waals surface area contributed by atoms with E-state index in [1.54, 1.807) is 0 Å². The molecule has 0 amide bonds. The van der Waals surface area contributed by atoms with Crippen LogP contribution in [0.4, 0.5) is 5.69 Å². The van der Waals surface area contributed by atoms with Crippen molar-refractivity contribution in [2.75, 3.05) is 5.73 Å². The molecule has 1 aliphatic rings. The number of aromatic nitrogens is 2. The molecular weight excluding hydrogens is 198 g/mol. The zero-order chi connectivity index (χ0) is 11.7. The molecule has 0 aliphatic heterocycles. The molecule has 2 N–H and O–H groups in total. The molecule has 2 rings (SSSR count). The van der Waals surface area contributed by atoms with Gasteiger partial charge in [-0.15, -0.1) is 0 Å². The van der Waals surface area contributed by atoms with Gasteiger partial charge in [-0.25, -0.2) is 0 Å². The zero-order valence-electron chi connectivity index (χ0n) is 10.7. The molecule has 1 aromatic rings. The van der Waals surface area contributed by atoms with Gasteiger partial charge in [0.15, 0.2) is 0 Å². The van der Waals surface area contributed by atoms with E-state index < -0.39 is 0 Å². The van der Waals surface area contributed by atoms with Crippen molar-refractivity contribution in [2.45, 2.75) is 58.9 Å². The summed E-state index contributed by atoms with van der Waals surface area (Å²) in [4.78, 5) is 0. The van der Waals surface area contributed by atoms with Crippen LogP contribution in [0, 0.1) is 19.8 Å². The highest BCUT2D eigenvalue weighted by Crippen LogP contribution is 2.35. The minimum atomic E-state index is 0.582. The van der Waals surface area contributed by atoms with Crippen LogP contribution in [0.25, 0.3) is 0 Å². The highest BCUT2D eigenvalue weighted by Gasteiger charge is 2.23. The van der Waals surface area contributed by atoms with Gasteiger partial charge in [-0.3, -0.25) is 4.68 Å². The van der Waals surface area contributed by atoms with Gasteiger partial charge in [0.2, 0.25) is 0 Å². The van der Waals surface area contributed by atoms with E-state index in [0.29, 0.717) is 6.04 Å². The molecule has 1 aromatic heterocycles. The number of anilines is 1. The number of hydrogen-bond acceptors (Lipinski definition) is 2. The predicted octanol–water partition coefficient (Wildman–Crippen LogP) is 3.22. The molecule has 1 heterocycles. The molecule has 0 radical (unpaired) electrons. The fourth-order valence-corrected chi connectivity index (χ4v) is 2.83. The van der Waals surface area contributed by atoms with Gasteiger partial charge in [-0.1, -0.05) is 13.3 Å². The summed E-state index contributed by atoms with van der Waals surface area (Å²) in [5.41, 5.74) is 8.98. The van der Waals surface area contributed by atoms with Crippen LogP contribution >= 0.6 is 0 Å². The first kappa shape index (κ1) is 11.5. The number of nitrogens with zero attached hydrogens (tertiary/aromatic N) is 2. The molecule has 1 fully saturated rings. The summed E-state index contributed by atoms with van der Waals surface area (Å²) in [6, 6.07) is 0.582. The van der Waals surface area contributed by atoms with Crippen molar-refractivity contribution in [1.29, 1.82) is 0 Å². The van der Waals surface area contributed by atoms with Crippen LogP contribution in [0.3, 0.4) is 0 Å². The molecule has 90 valence electrons. The number of nitrogen functional groups attached to an aromatic ring is 1. The van der Waals surface area contributed by atoms with Gasteiger partial charge in [0.25, 0.3) is 0 Å². The standard InChI is InChI=1S/C13H23N3/c1-4-11-5-7-12(8-6-11)16-10(3)13(14)9(2)15-16/h11-12H,4-8,14H2,1-3H3. The summed E-state index contributed by atoms with van der Waals surface area (Å²) >= 11 is 0. The van der Waals surface area contributed by atoms with Crippen LogP contribution in [0.5, 0.6) is 0 Å². The highest BCUT2D eigenvalue weighted by atomic mass is 15.3. The summed E-state index contributed by atoms with van der Waals surface area (Å²) in [5.74, 6) is 0.936. The second-order valence-corrected chi connectivity index (χ2v) is 5.11. The third kappa shape index (κ3) is 1.95. The number of rotatable bonds is 2. The second kappa shape index (κ2) is 4.48. The van der Waals surface area contributed by atoms with Crippen molar-refractivity contribution < 1.29 is 0 Å². The summed E-state index contributed by atoms with van der Waals surface area (Å²) in [7, 11) is 0. The van der Waals surface area contributed by atoms with Gasteiger partial charge in [0, 0.05) is 0 Å². The largest absolute Gasteiger partial charge is 0.396 e. The first-order valence-corrected chi connectivity index (χ1v) is 6.44. The smallest absolute Gasteiger partial charge is 0.0826 e. The maximum absolute atomic E-state index is 5.98. The lowest BCUT2D eigenvalue weighted by Gasteiger charge is -2.28. The maximum atomic E-state index is 5.98. The van der Waals surface area contributed by atoms with Gasteiger partial charge in [0.1, 0.15) is 0 Å². The van der Waals surface area contributed by atoms with Crippen molar-refractivity contribution in [3.8, 4) is 0 Å². The van der Waals surface area contributed by atoms with Gasteiger partial charge in [0.05, 0.1) is 23.1 Å². The van der Waals surface area contributed by atoms with Crippen LogP contribution in [-0.2, 0) is 0 Å². The molecule has 0 spiro atoms. The van der Waals surface area contributed by atoms with Crippen molar-refractivity contribution in [2.24, 2.45) is 5.92 Å². The van der Waals surface area contributed by atoms with Crippen molar-refractivity contribution >= 4 is 5.69 Å². The third-order valence-corrected chi connectivity index (χ3v) is 4.12. The Morgan fingerprint density at radius 2 is 1.88 bits per heavy atom. The first-order valence-electron chi connectivity index (χ1n) is 6.44. The Morgan fingerprint density at radius 1 is 1.25 bits per heavy atom. The lowest BCUT2D eigenvalue weighted by atomic mass is 9.84. The molecule has 3 heteroatoms. The molecule has 0 atom stereocenters. The van der Waals surface area contributed by atoms with E-state index in [0.717, 1.165) is 23.0 Å². The van der Waals surface area contributed by atoms with Crippen LogP contribution in [0.2, 0.25) is 0 Å². The van der Waals surface area contributed by atoms with Gasteiger partial charge in [-0.2, -0.15) is 5.10 Å². The Balaban J connectivity index is 2.11. The molecule has 0 aromatic carbocycles. The van der Waals surface area contributed by atoms with Gasteiger partial charge < -0.3 is 5.73 Å². The van der Waals surface area contributed by atoms with Crippen molar-refractivity contribution in [3.05, 3.63) is 11.4 Å². The minimum absolute atomic E-state index is 0.582. The Bertz CT molecular complexity index is 359. The van der Waals surface area contributed by atoms with E-state index in [9.17, 15) is 0 Å². The fourth-order valence-electron chi connectivity index (χ4n) is 2.83. The zero-order valence-corrected chi connectivity index (χ0v) is 10.7. The molecular formula is C13H23N3. The molecule has 0 bridgehead atoms. The molecule has 3 nitrogen and oxygen atoms in total. The average molecular weight is 221 g/mol. The van der Waals surface area contributed by atoms with E-state index in [1.165, 1.54) is 32.1 Å². The molecule has 1 saturated carbocycles. The van der Waals surface area contributed by atoms with E-state index in [1.807, 2.05) is 6.92 Å². The Labute approximate surface area is 98.0 Å². The predicted molar refractivity (Wildman–Crippen MR) is 67.4 cm³/mol. The van der Waals surface area contributed by atoms with Crippen molar-refractivity contribution in [1.82, 2.24) is 9.78 Å². The van der Waals surface area contributed by atoms with E-state index >= 15 is 0 Å². The lowest BCUT2D eigenvalue weighted by molar-refractivity contribution is 0.253. The Morgan fingerprint density at radius 3 is 2.31 bits per heavy atom. The van der Waals surface area contributed by atoms with E-state index in [-0.39, 0.29) is 0 Å². The highest BCUT2D eigenvalue weighted by molar-refractivity contribution is 5.47. The normalized spacial score (nSPS) is 25.9. The average Bonchev–Trinajstić information content (AvgIpc) is 2.57. The topological polar surface area (TPSA) is 43.8 Å². The summed E-state index contributed by atoms with van der Waals surface area (Å²) in [6.45, 7) is 6.38. The van der Waals surface area contributed by atoms with E-state index in [4.69, 9.17) is 5.73 Å².